The van der Waals surface area contributed by atoms with E-state index in [2.05, 4.69) is 9.97 Å². The molecule has 6 rings (SSSR count). The number of hydrogen-bond donors (Lipinski definition) is 2. The SMILES string of the molecule is CC1CC=C(n2c(C(C)n3nc(-c4ccc(O)c(F)c4)c4c(N)ncnc43)cc3cccc(F)c3c2=O)C=C1F. The van der Waals surface area contributed by atoms with Gasteiger partial charge in [-0.1, -0.05) is 25.1 Å². The van der Waals surface area contributed by atoms with Crippen molar-refractivity contribution < 1.29 is 18.3 Å². The average molecular weight is 545 g/mol. The average Bonchev–Trinajstić information content (AvgIpc) is 3.32. The summed E-state index contributed by atoms with van der Waals surface area (Å²) in [6.07, 6.45) is 4.64. The molecule has 3 aromatic heterocycles. The van der Waals surface area contributed by atoms with Crippen LogP contribution in [0.1, 0.15) is 32.0 Å². The Morgan fingerprint density at radius 2 is 1.88 bits per heavy atom. The molecule has 3 heterocycles. The molecule has 0 aliphatic heterocycles. The second-order valence-electron chi connectivity index (χ2n) is 9.80. The molecule has 40 heavy (non-hydrogen) atoms. The summed E-state index contributed by atoms with van der Waals surface area (Å²) in [6, 6.07) is 9.08. The van der Waals surface area contributed by atoms with Gasteiger partial charge in [0.05, 0.1) is 22.5 Å². The molecule has 1 aliphatic rings. The summed E-state index contributed by atoms with van der Waals surface area (Å²) in [5.41, 5.74) is 7.10. The van der Waals surface area contributed by atoms with Gasteiger partial charge in [-0.15, -0.1) is 0 Å². The number of aromatic nitrogens is 5. The topological polar surface area (TPSA) is 112 Å². The molecule has 2 unspecified atom stereocenters. The van der Waals surface area contributed by atoms with E-state index in [-0.39, 0.29) is 28.5 Å². The van der Waals surface area contributed by atoms with Crippen LogP contribution in [0.15, 0.2) is 71.6 Å². The minimum atomic E-state index is -0.846. The van der Waals surface area contributed by atoms with E-state index in [1.54, 1.807) is 32.1 Å². The van der Waals surface area contributed by atoms with Gasteiger partial charge in [0.25, 0.3) is 5.56 Å². The van der Waals surface area contributed by atoms with E-state index < -0.39 is 34.8 Å². The van der Waals surface area contributed by atoms with Crippen molar-refractivity contribution in [2.75, 3.05) is 5.73 Å². The molecule has 0 radical (unpaired) electrons. The van der Waals surface area contributed by atoms with E-state index in [0.717, 1.165) is 6.07 Å². The molecule has 8 nitrogen and oxygen atoms in total. The summed E-state index contributed by atoms with van der Waals surface area (Å²) < 4.78 is 46.7. The molecule has 1 aliphatic carbocycles. The first-order valence-electron chi connectivity index (χ1n) is 12.5. The lowest BCUT2D eigenvalue weighted by Gasteiger charge is -2.23. The number of hydrogen-bond acceptors (Lipinski definition) is 6. The predicted molar refractivity (Wildman–Crippen MR) is 146 cm³/mol. The molecular weight excluding hydrogens is 521 g/mol. The van der Waals surface area contributed by atoms with Crippen molar-refractivity contribution in [3.63, 3.8) is 0 Å². The maximum Gasteiger partial charge on any atom is 0.266 e. The number of halogens is 3. The Hall–Kier alpha value is -4.93. The van der Waals surface area contributed by atoms with Crippen LogP contribution in [0.2, 0.25) is 0 Å². The van der Waals surface area contributed by atoms with E-state index in [1.165, 1.54) is 45.9 Å². The van der Waals surface area contributed by atoms with Crippen LogP contribution in [-0.4, -0.2) is 29.4 Å². The molecule has 0 amide bonds. The Kier molecular flexibility index (Phi) is 5.94. The number of benzene rings is 2. The molecular formula is C29H23F3N6O2. The summed E-state index contributed by atoms with van der Waals surface area (Å²) in [5.74, 6) is -2.70. The third-order valence-electron chi connectivity index (χ3n) is 7.25. The van der Waals surface area contributed by atoms with Gasteiger partial charge in [-0.25, -0.2) is 27.8 Å². The third kappa shape index (κ3) is 3.93. The monoisotopic (exact) mass is 544 g/mol. The molecule has 0 saturated heterocycles. The van der Waals surface area contributed by atoms with Crippen molar-refractivity contribution >= 4 is 33.3 Å². The minimum Gasteiger partial charge on any atom is -0.505 e. The Balaban J connectivity index is 1.63. The highest BCUT2D eigenvalue weighted by atomic mass is 19.1. The first kappa shape index (κ1) is 25.4. The third-order valence-corrected chi connectivity index (χ3v) is 7.25. The predicted octanol–water partition coefficient (Wildman–Crippen LogP) is 5.72. The summed E-state index contributed by atoms with van der Waals surface area (Å²) in [7, 11) is 0. The van der Waals surface area contributed by atoms with Crippen LogP contribution in [-0.2, 0) is 0 Å². The highest BCUT2D eigenvalue weighted by molar-refractivity contribution is 5.98. The first-order valence-corrected chi connectivity index (χ1v) is 12.5. The normalized spacial score (nSPS) is 16.3. The molecule has 2 aromatic carbocycles. The molecule has 11 heteroatoms. The highest BCUT2D eigenvalue weighted by Gasteiger charge is 2.26. The molecule has 0 bridgehead atoms. The van der Waals surface area contributed by atoms with Gasteiger partial charge in [0.15, 0.2) is 17.2 Å². The number of fused-ring (bicyclic) bond motifs is 2. The molecule has 5 aromatic rings. The Morgan fingerprint density at radius 1 is 1.07 bits per heavy atom. The number of rotatable bonds is 4. The number of pyridine rings is 1. The van der Waals surface area contributed by atoms with Gasteiger partial charge in [0, 0.05) is 17.2 Å². The van der Waals surface area contributed by atoms with Gasteiger partial charge in [-0.2, -0.15) is 5.10 Å². The fourth-order valence-corrected chi connectivity index (χ4v) is 5.07. The second kappa shape index (κ2) is 9.37. The number of anilines is 1. The minimum absolute atomic E-state index is 0.0962. The maximum absolute atomic E-state index is 14.9. The van der Waals surface area contributed by atoms with Crippen LogP contribution < -0.4 is 11.3 Å². The van der Waals surface area contributed by atoms with E-state index in [4.69, 9.17) is 10.8 Å². The van der Waals surface area contributed by atoms with E-state index >= 15 is 0 Å². The molecule has 202 valence electrons. The fraction of sp³-hybridized carbons (Fsp3) is 0.172. The number of phenols is 1. The number of aromatic hydroxyl groups is 1. The van der Waals surface area contributed by atoms with Gasteiger partial charge in [-0.05, 0) is 55.1 Å². The Morgan fingerprint density at radius 3 is 2.62 bits per heavy atom. The summed E-state index contributed by atoms with van der Waals surface area (Å²) in [5, 5.41) is 15.0. The van der Waals surface area contributed by atoms with Crippen molar-refractivity contribution in [3.05, 3.63) is 94.5 Å². The number of allylic oxidation sites excluding steroid dienone is 4. The standard InChI is InChI=1S/C29H23F3N6O2/c1-14-6-8-18(12-20(14)31)37-22(11-16-4-3-5-19(30)24(16)29(37)40)15(2)38-28-25(27(33)34-13-35-28)26(36-38)17-7-9-23(39)21(32)10-17/h3-5,7-15,39H,6H2,1-2H3,(H2,33,34,35). The molecule has 0 spiro atoms. The van der Waals surface area contributed by atoms with Gasteiger partial charge in [-0.3, -0.25) is 9.36 Å². The van der Waals surface area contributed by atoms with Crippen molar-refractivity contribution in [3.8, 4) is 17.0 Å². The zero-order valence-electron chi connectivity index (χ0n) is 21.4. The molecule has 3 N–H and O–H groups in total. The lowest BCUT2D eigenvalue weighted by molar-refractivity contribution is 0.432. The lowest BCUT2D eigenvalue weighted by atomic mass is 9.99. The number of nitrogen functional groups attached to an aromatic ring is 1. The molecule has 0 fully saturated rings. The van der Waals surface area contributed by atoms with Gasteiger partial charge in [0.2, 0.25) is 0 Å². The first-order chi connectivity index (χ1) is 19.2. The summed E-state index contributed by atoms with van der Waals surface area (Å²) in [4.78, 5) is 22.2. The van der Waals surface area contributed by atoms with Crippen molar-refractivity contribution in [2.24, 2.45) is 5.92 Å². The van der Waals surface area contributed by atoms with Crippen molar-refractivity contribution in [1.29, 1.82) is 0 Å². The number of phenolic OH excluding ortho intramolecular Hbond substituents is 1. The van der Waals surface area contributed by atoms with Crippen LogP contribution >= 0.6 is 0 Å². The van der Waals surface area contributed by atoms with Crippen molar-refractivity contribution in [1.82, 2.24) is 24.3 Å². The van der Waals surface area contributed by atoms with E-state index in [9.17, 15) is 23.1 Å². The molecule has 2 atom stereocenters. The van der Waals surface area contributed by atoms with E-state index in [1.807, 2.05) is 0 Å². The van der Waals surface area contributed by atoms with Crippen LogP contribution in [0, 0.1) is 17.6 Å². The quantitative estimate of drug-likeness (QED) is 0.300. The Labute approximate surface area is 225 Å². The van der Waals surface area contributed by atoms with Gasteiger partial charge in [0.1, 0.15) is 29.5 Å². The maximum atomic E-state index is 14.9. The highest BCUT2D eigenvalue weighted by Crippen LogP contribution is 2.36. The Bertz CT molecular complexity index is 1960. The van der Waals surface area contributed by atoms with E-state index in [0.29, 0.717) is 34.1 Å². The molecule has 0 saturated carbocycles. The van der Waals surface area contributed by atoms with Gasteiger partial charge < -0.3 is 10.8 Å². The van der Waals surface area contributed by atoms with Crippen LogP contribution in [0.3, 0.4) is 0 Å². The summed E-state index contributed by atoms with van der Waals surface area (Å²) in [6.45, 7) is 3.49. The van der Waals surface area contributed by atoms with Crippen LogP contribution in [0.4, 0.5) is 19.0 Å². The lowest BCUT2D eigenvalue weighted by Crippen LogP contribution is -2.27. The fourth-order valence-electron chi connectivity index (χ4n) is 5.07. The zero-order chi connectivity index (χ0) is 28.3. The smallest absolute Gasteiger partial charge is 0.266 e. The van der Waals surface area contributed by atoms with Gasteiger partial charge >= 0.3 is 0 Å². The largest absolute Gasteiger partial charge is 0.505 e. The van der Waals surface area contributed by atoms with Crippen LogP contribution in [0.25, 0.3) is 38.8 Å². The number of nitrogens with two attached hydrogens (primary N) is 1. The number of nitrogens with zero attached hydrogens (tertiary/aromatic N) is 5. The zero-order valence-corrected chi connectivity index (χ0v) is 21.4. The van der Waals surface area contributed by atoms with Crippen molar-refractivity contribution in [2.45, 2.75) is 26.3 Å². The summed E-state index contributed by atoms with van der Waals surface area (Å²) >= 11 is 0. The van der Waals surface area contributed by atoms with Crippen LogP contribution in [0.5, 0.6) is 5.75 Å². The second-order valence-corrected chi connectivity index (χ2v) is 9.80.